The molecule has 13 atom stereocenters. The van der Waals surface area contributed by atoms with E-state index in [9.17, 15) is 15.0 Å². The molecule has 5 saturated heterocycles. The number of aliphatic hydroxyl groups excluding tert-OH is 2. The minimum atomic E-state index is -0.846. The molecule has 6 fully saturated rings. The molecule has 10 nitrogen and oxygen atoms in total. The van der Waals surface area contributed by atoms with Crippen LogP contribution in [0.5, 0.6) is 0 Å². The Morgan fingerprint density at radius 1 is 1.02 bits per heavy atom. The van der Waals surface area contributed by atoms with Crippen LogP contribution < -0.4 is 0 Å². The number of ether oxygens (including phenoxy) is 5. The zero-order valence-electron chi connectivity index (χ0n) is 24.8. The van der Waals surface area contributed by atoms with Gasteiger partial charge in [-0.05, 0) is 70.6 Å². The molecule has 0 aromatic heterocycles. The molecule has 6 rings (SSSR count). The molecule has 5 aliphatic heterocycles. The van der Waals surface area contributed by atoms with Crippen molar-refractivity contribution in [3.05, 3.63) is 0 Å². The fourth-order valence-electron chi connectivity index (χ4n) is 7.73. The monoisotopic (exact) mass is 570 g/mol. The first-order valence-corrected chi connectivity index (χ1v) is 15.5. The first-order chi connectivity index (χ1) is 19.0. The van der Waals surface area contributed by atoms with Gasteiger partial charge in [-0.25, -0.2) is 9.78 Å². The van der Waals surface area contributed by atoms with E-state index in [0.29, 0.717) is 37.7 Å². The second-order valence-electron chi connectivity index (χ2n) is 13.2. The summed E-state index contributed by atoms with van der Waals surface area (Å²) in [6.07, 6.45) is 4.13. The van der Waals surface area contributed by atoms with Crippen molar-refractivity contribution in [1.82, 2.24) is 0 Å². The first kappa shape index (κ1) is 30.6. The molecule has 2 N–H and O–H groups in total. The first-order valence-electron chi connectivity index (χ1n) is 15.5. The number of carbonyl (C=O) groups excluding carboxylic acids is 1. The maximum atomic E-state index is 12.4. The van der Waals surface area contributed by atoms with Crippen LogP contribution in [-0.4, -0.2) is 77.3 Å². The average Bonchev–Trinajstić information content (AvgIpc) is 3.14. The molecule has 40 heavy (non-hydrogen) atoms. The topological polar surface area (TPSA) is 122 Å². The highest BCUT2D eigenvalue weighted by Gasteiger charge is 2.69. The summed E-state index contributed by atoms with van der Waals surface area (Å²) in [6.45, 7) is 10.5. The van der Waals surface area contributed by atoms with Crippen molar-refractivity contribution in [2.24, 2.45) is 23.7 Å². The van der Waals surface area contributed by atoms with E-state index in [2.05, 4.69) is 13.8 Å². The summed E-state index contributed by atoms with van der Waals surface area (Å²) in [5.74, 6) is 0.378. The lowest BCUT2D eigenvalue weighted by Gasteiger charge is -2.60. The fraction of sp³-hybridized carbons (Fsp3) is 0.967. The van der Waals surface area contributed by atoms with Crippen LogP contribution in [0, 0.1) is 23.7 Å². The molecule has 5 heterocycles. The summed E-state index contributed by atoms with van der Waals surface area (Å²) in [4.78, 5) is 24.5. The summed E-state index contributed by atoms with van der Waals surface area (Å²) in [5.41, 5.74) is -0.568. The number of unbranched alkanes of at least 4 members (excludes halogenated alkanes) is 1. The third-order valence-electron chi connectivity index (χ3n) is 10.3. The molecule has 10 heteroatoms. The van der Waals surface area contributed by atoms with Crippen molar-refractivity contribution < 1.29 is 48.5 Å². The average molecular weight is 571 g/mol. The predicted octanol–water partition coefficient (Wildman–Crippen LogP) is 3.99. The Morgan fingerprint density at radius 3 is 2.62 bits per heavy atom. The molecule has 0 aromatic carbocycles. The van der Waals surface area contributed by atoms with Crippen molar-refractivity contribution in [2.75, 3.05) is 6.61 Å². The van der Waals surface area contributed by atoms with Gasteiger partial charge in [0.25, 0.3) is 0 Å². The number of fused-ring (bicyclic) bond motifs is 2. The zero-order valence-corrected chi connectivity index (χ0v) is 24.8. The maximum absolute atomic E-state index is 12.4. The predicted molar refractivity (Wildman–Crippen MR) is 142 cm³/mol. The Balaban J connectivity index is 1.03. The van der Waals surface area contributed by atoms with E-state index in [-0.39, 0.29) is 42.5 Å². The second kappa shape index (κ2) is 12.4. The minimum Gasteiger partial charge on any atom is -0.466 e. The van der Waals surface area contributed by atoms with Crippen molar-refractivity contribution in [1.29, 1.82) is 0 Å². The highest BCUT2D eigenvalue weighted by Crippen LogP contribution is 2.60. The molecule has 0 radical (unpaired) electrons. The van der Waals surface area contributed by atoms with Gasteiger partial charge in [0.2, 0.25) is 5.79 Å². The van der Waals surface area contributed by atoms with Gasteiger partial charge in [-0.15, -0.1) is 0 Å². The molecule has 0 aromatic rings. The van der Waals surface area contributed by atoms with Gasteiger partial charge < -0.3 is 33.9 Å². The standard InChI is InChI=1S/C30H50O10/c1-17-10-11-22-19(3)25(37-28-30(22)21(17)12-14-29(5,38-28)39-40-30)13-15-34-26(33)9-7-6-8-18(2)35-27-24(32)16-23(31)20(4)36-27/h17-25,27-28,31-32H,6-16H2,1-5H3/t17-,18+,19-,20+,21+,22+,23-,24-,25-,27-,28-,29-,30-/m1/s1. The van der Waals surface area contributed by atoms with Gasteiger partial charge in [0, 0.05) is 31.6 Å². The van der Waals surface area contributed by atoms with Crippen LogP contribution in [0.3, 0.4) is 0 Å². The lowest BCUT2D eigenvalue weighted by Crippen LogP contribution is -2.70. The van der Waals surface area contributed by atoms with E-state index >= 15 is 0 Å². The highest BCUT2D eigenvalue weighted by atomic mass is 17.3. The number of esters is 1. The van der Waals surface area contributed by atoms with E-state index in [1.807, 2.05) is 13.8 Å². The number of hydrogen-bond donors (Lipinski definition) is 2. The molecule has 1 aliphatic carbocycles. The molecule has 0 amide bonds. The lowest BCUT2D eigenvalue weighted by molar-refractivity contribution is -0.571. The summed E-state index contributed by atoms with van der Waals surface area (Å²) < 4.78 is 30.0. The molecule has 230 valence electrons. The van der Waals surface area contributed by atoms with Crippen LogP contribution in [0.4, 0.5) is 0 Å². The van der Waals surface area contributed by atoms with Crippen molar-refractivity contribution in [2.45, 2.75) is 153 Å². The molecule has 1 spiro atoms. The Bertz CT molecular complexity index is 871. The smallest absolute Gasteiger partial charge is 0.305 e. The van der Waals surface area contributed by atoms with E-state index in [0.717, 1.165) is 38.5 Å². The number of hydrogen-bond acceptors (Lipinski definition) is 10. The molecule has 0 unspecified atom stereocenters. The lowest BCUT2D eigenvalue weighted by atomic mass is 9.57. The van der Waals surface area contributed by atoms with Crippen LogP contribution in [0.1, 0.15) is 98.8 Å². The number of aliphatic hydroxyl groups is 2. The van der Waals surface area contributed by atoms with Gasteiger partial charge in [0.05, 0.1) is 31.0 Å². The molecular formula is C30H50O10. The summed E-state index contributed by atoms with van der Waals surface area (Å²) in [5, 5.41) is 19.9. The highest BCUT2D eigenvalue weighted by molar-refractivity contribution is 5.69. The number of carbonyl (C=O) groups is 1. The van der Waals surface area contributed by atoms with Crippen molar-refractivity contribution in [3.63, 3.8) is 0 Å². The molecule has 2 bridgehead atoms. The summed E-state index contributed by atoms with van der Waals surface area (Å²) in [6, 6.07) is 0. The SMILES string of the molecule is C[C@H]1[C@@H](CCOC(=O)CCCC[C@H](C)O[C@@H]2O[C@@H](C)[C@H](O)C[C@H]2O)O[C@@H]2O[C@@]3(C)CC[C@H]4[C@H](C)CC[C@@H]1[C@@]24OO3. The van der Waals surface area contributed by atoms with Gasteiger partial charge in [-0.3, -0.25) is 4.79 Å². The largest absolute Gasteiger partial charge is 0.466 e. The van der Waals surface area contributed by atoms with E-state index < -0.39 is 36.2 Å². The Labute approximate surface area is 238 Å². The summed E-state index contributed by atoms with van der Waals surface area (Å²) >= 11 is 0. The fourth-order valence-corrected chi connectivity index (χ4v) is 7.73. The zero-order chi connectivity index (χ0) is 28.7. The van der Waals surface area contributed by atoms with Gasteiger partial charge in [0.1, 0.15) is 6.10 Å². The van der Waals surface area contributed by atoms with Gasteiger partial charge in [-0.2, -0.15) is 0 Å². The van der Waals surface area contributed by atoms with E-state index in [4.69, 9.17) is 33.5 Å². The van der Waals surface area contributed by atoms with Gasteiger partial charge in [-0.1, -0.05) is 20.3 Å². The maximum Gasteiger partial charge on any atom is 0.305 e. The summed E-state index contributed by atoms with van der Waals surface area (Å²) in [7, 11) is 0. The third kappa shape index (κ3) is 6.11. The molecular weight excluding hydrogens is 520 g/mol. The minimum absolute atomic E-state index is 0.0757. The normalized spacial score (nSPS) is 47.3. The Kier molecular flexibility index (Phi) is 9.49. The van der Waals surface area contributed by atoms with Crippen LogP contribution >= 0.6 is 0 Å². The van der Waals surface area contributed by atoms with Crippen LogP contribution in [0.25, 0.3) is 0 Å². The van der Waals surface area contributed by atoms with E-state index in [1.165, 1.54) is 0 Å². The Morgan fingerprint density at radius 2 is 1.82 bits per heavy atom. The van der Waals surface area contributed by atoms with Crippen LogP contribution in [0.15, 0.2) is 0 Å². The second-order valence-corrected chi connectivity index (χ2v) is 13.2. The molecule has 6 aliphatic rings. The third-order valence-corrected chi connectivity index (χ3v) is 10.3. The van der Waals surface area contributed by atoms with E-state index in [1.54, 1.807) is 6.92 Å². The molecule has 1 saturated carbocycles. The van der Waals surface area contributed by atoms with Crippen LogP contribution in [-0.2, 0) is 38.3 Å². The van der Waals surface area contributed by atoms with Crippen LogP contribution in [0.2, 0.25) is 0 Å². The van der Waals surface area contributed by atoms with Crippen molar-refractivity contribution >= 4 is 5.97 Å². The quantitative estimate of drug-likeness (QED) is 0.226. The van der Waals surface area contributed by atoms with Gasteiger partial charge in [0.15, 0.2) is 18.2 Å². The Hall–Kier alpha value is -0.850. The van der Waals surface area contributed by atoms with Crippen molar-refractivity contribution in [3.8, 4) is 0 Å². The van der Waals surface area contributed by atoms with Gasteiger partial charge >= 0.3 is 5.97 Å². The number of rotatable bonds is 10.